The molecule has 1 aromatic carbocycles. The van der Waals surface area contributed by atoms with E-state index in [2.05, 4.69) is 10.3 Å². The molecule has 13 nitrogen and oxygen atoms in total. The maximum absolute atomic E-state index is 11.8. The molecule has 13 heteroatoms. The molecule has 0 aliphatic heterocycles. The number of hydrogen-bond acceptors (Lipinski definition) is 8. The number of carbonyl (C=O) groups excluding carboxylic acids is 1. The van der Waals surface area contributed by atoms with Gasteiger partial charge in [0.2, 0.25) is 0 Å². The molecule has 0 radical (unpaired) electrons. The molecular formula is C17H19N5O8. The van der Waals surface area contributed by atoms with E-state index in [1.807, 2.05) is 0 Å². The molecule has 0 aliphatic carbocycles. The van der Waals surface area contributed by atoms with Crippen LogP contribution in [-0.4, -0.2) is 48.2 Å². The number of benzene rings is 1. The van der Waals surface area contributed by atoms with Crippen LogP contribution in [0.3, 0.4) is 0 Å². The minimum absolute atomic E-state index is 0.0105. The molecule has 2 rings (SSSR count). The molecule has 1 amide bonds. The standard InChI is InChI=1S/C17H19N5O8/c1-17(2,3)30-16(25)19-12(15(23)24)6-10-8-20(9-18-10)13-5-4-11(21(26)27)7-14(13)22(28)29/h4-5,7-9,12H,6H2,1-3H3,(H,19,25)(H,23,24)/t12-/m1/s1. The third-order valence-electron chi connectivity index (χ3n) is 3.68. The number of carboxylic acids is 1. The number of nitro benzene ring substituents is 2. The summed E-state index contributed by atoms with van der Waals surface area (Å²) in [6.45, 7) is 4.88. The number of alkyl carbamates (subject to hydrolysis) is 1. The first-order valence-corrected chi connectivity index (χ1v) is 8.56. The Morgan fingerprint density at radius 1 is 1.27 bits per heavy atom. The van der Waals surface area contributed by atoms with Crippen LogP contribution < -0.4 is 5.32 Å². The van der Waals surface area contributed by atoms with Crippen LogP contribution in [0, 0.1) is 20.2 Å². The van der Waals surface area contributed by atoms with Gasteiger partial charge >= 0.3 is 12.1 Å². The molecule has 0 fully saturated rings. The third-order valence-corrected chi connectivity index (χ3v) is 3.68. The monoisotopic (exact) mass is 421 g/mol. The number of ether oxygens (including phenoxy) is 1. The lowest BCUT2D eigenvalue weighted by atomic mass is 10.1. The van der Waals surface area contributed by atoms with Gasteiger partial charge in [-0.2, -0.15) is 0 Å². The molecule has 0 saturated heterocycles. The highest BCUT2D eigenvalue weighted by Gasteiger charge is 2.26. The zero-order chi connectivity index (χ0) is 22.6. The second-order valence-electron chi connectivity index (χ2n) is 7.20. The lowest BCUT2D eigenvalue weighted by Gasteiger charge is -2.21. The predicted octanol–water partition coefficient (Wildman–Crippen LogP) is 2.21. The van der Waals surface area contributed by atoms with Crippen molar-refractivity contribution in [1.82, 2.24) is 14.9 Å². The topological polar surface area (TPSA) is 180 Å². The summed E-state index contributed by atoms with van der Waals surface area (Å²) in [7, 11) is 0. The maximum Gasteiger partial charge on any atom is 0.408 e. The Labute approximate surface area is 169 Å². The van der Waals surface area contributed by atoms with Gasteiger partial charge in [0.15, 0.2) is 0 Å². The van der Waals surface area contributed by atoms with Crippen molar-refractivity contribution in [3.05, 3.63) is 56.6 Å². The largest absolute Gasteiger partial charge is 0.480 e. The minimum atomic E-state index is -1.35. The summed E-state index contributed by atoms with van der Waals surface area (Å²) in [6, 6.07) is 1.76. The molecule has 2 aromatic rings. The average molecular weight is 421 g/mol. The summed E-state index contributed by atoms with van der Waals surface area (Å²) in [5.41, 5.74) is -1.56. The molecule has 1 heterocycles. The first-order chi connectivity index (χ1) is 13.9. The molecule has 0 aliphatic rings. The zero-order valence-electron chi connectivity index (χ0n) is 16.3. The van der Waals surface area contributed by atoms with Gasteiger partial charge in [0.1, 0.15) is 17.3 Å². The quantitative estimate of drug-likeness (QED) is 0.500. The van der Waals surface area contributed by atoms with Crippen molar-refractivity contribution in [3.63, 3.8) is 0 Å². The van der Waals surface area contributed by atoms with Gasteiger partial charge in [-0.25, -0.2) is 14.6 Å². The van der Waals surface area contributed by atoms with Crippen LogP contribution >= 0.6 is 0 Å². The van der Waals surface area contributed by atoms with E-state index in [0.29, 0.717) is 0 Å². The zero-order valence-corrected chi connectivity index (χ0v) is 16.3. The van der Waals surface area contributed by atoms with E-state index in [1.165, 1.54) is 23.2 Å². The van der Waals surface area contributed by atoms with Crippen LogP contribution in [0.1, 0.15) is 26.5 Å². The molecule has 0 spiro atoms. The number of carbonyl (C=O) groups is 2. The van der Waals surface area contributed by atoms with Crippen LogP contribution in [0.2, 0.25) is 0 Å². The summed E-state index contributed by atoms with van der Waals surface area (Å²) in [6.07, 6.45) is 1.40. The lowest BCUT2D eigenvalue weighted by Crippen LogP contribution is -2.44. The van der Waals surface area contributed by atoms with Crippen molar-refractivity contribution >= 4 is 23.4 Å². The normalized spacial score (nSPS) is 12.1. The molecule has 0 saturated carbocycles. The number of aromatic nitrogens is 2. The van der Waals surface area contributed by atoms with Gasteiger partial charge in [0, 0.05) is 18.7 Å². The van der Waals surface area contributed by atoms with E-state index in [9.17, 15) is 34.9 Å². The average Bonchev–Trinajstić information content (AvgIpc) is 3.07. The number of nitrogens with one attached hydrogen (secondary N) is 1. The fourth-order valence-electron chi connectivity index (χ4n) is 2.45. The summed E-state index contributed by atoms with van der Waals surface area (Å²) >= 11 is 0. The van der Waals surface area contributed by atoms with E-state index in [4.69, 9.17) is 4.74 Å². The van der Waals surface area contributed by atoms with Gasteiger partial charge in [-0.3, -0.25) is 24.8 Å². The highest BCUT2D eigenvalue weighted by Crippen LogP contribution is 2.28. The lowest BCUT2D eigenvalue weighted by molar-refractivity contribution is -0.394. The fraction of sp³-hybridized carbons (Fsp3) is 0.353. The molecular weight excluding hydrogens is 402 g/mol. The van der Waals surface area contributed by atoms with Crippen LogP contribution in [0.25, 0.3) is 5.69 Å². The van der Waals surface area contributed by atoms with Crippen molar-refractivity contribution in [2.75, 3.05) is 0 Å². The Hall–Kier alpha value is -4.03. The summed E-state index contributed by atoms with van der Waals surface area (Å²) in [5.74, 6) is -1.32. The Bertz CT molecular complexity index is 994. The summed E-state index contributed by atoms with van der Waals surface area (Å²) < 4.78 is 6.27. The Kier molecular flexibility index (Phi) is 6.34. The highest BCUT2D eigenvalue weighted by molar-refractivity contribution is 5.80. The Balaban J connectivity index is 2.25. The number of carboxylic acid groups (broad SMARTS) is 1. The van der Waals surface area contributed by atoms with Crippen LogP contribution in [0.5, 0.6) is 0 Å². The molecule has 30 heavy (non-hydrogen) atoms. The van der Waals surface area contributed by atoms with Gasteiger partial charge in [0.25, 0.3) is 11.4 Å². The number of non-ortho nitro benzene ring substituents is 1. The van der Waals surface area contributed by atoms with Crippen LogP contribution in [-0.2, 0) is 16.0 Å². The SMILES string of the molecule is CC(C)(C)OC(=O)N[C@H](Cc1cn(-c2ccc([N+](=O)[O-])cc2[N+](=O)[O-])cn1)C(=O)O. The molecule has 1 aromatic heterocycles. The first-order valence-electron chi connectivity index (χ1n) is 8.56. The van der Waals surface area contributed by atoms with E-state index >= 15 is 0 Å². The Morgan fingerprint density at radius 2 is 1.93 bits per heavy atom. The van der Waals surface area contributed by atoms with Crippen molar-refractivity contribution in [1.29, 1.82) is 0 Å². The number of nitrogens with zero attached hydrogens (tertiary/aromatic N) is 4. The van der Waals surface area contributed by atoms with Gasteiger partial charge < -0.3 is 15.2 Å². The summed E-state index contributed by atoms with van der Waals surface area (Å²) in [5, 5.41) is 33.7. The number of amides is 1. The van der Waals surface area contributed by atoms with Crippen molar-refractivity contribution in [3.8, 4) is 5.69 Å². The smallest absolute Gasteiger partial charge is 0.408 e. The Morgan fingerprint density at radius 3 is 2.47 bits per heavy atom. The number of rotatable bonds is 7. The van der Waals surface area contributed by atoms with E-state index in [0.717, 1.165) is 12.1 Å². The van der Waals surface area contributed by atoms with Gasteiger partial charge in [-0.05, 0) is 26.8 Å². The van der Waals surface area contributed by atoms with E-state index in [1.54, 1.807) is 20.8 Å². The predicted molar refractivity (Wildman–Crippen MR) is 101 cm³/mol. The maximum atomic E-state index is 11.8. The second-order valence-corrected chi connectivity index (χ2v) is 7.20. The first kappa shape index (κ1) is 22.3. The molecule has 2 N–H and O–H groups in total. The number of aliphatic carboxylic acids is 1. The van der Waals surface area contributed by atoms with Gasteiger partial charge in [0.05, 0.1) is 27.9 Å². The number of hydrogen-bond donors (Lipinski definition) is 2. The van der Waals surface area contributed by atoms with E-state index in [-0.39, 0.29) is 17.8 Å². The minimum Gasteiger partial charge on any atom is -0.480 e. The van der Waals surface area contributed by atoms with E-state index < -0.39 is 44.9 Å². The summed E-state index contributed by atoms with van der Waals surface area (Å²) in [4.78, 5) is 47.9. The molecule has 1 atom stereocenters. The van der Waals surface area contributed by atoms with Gasteiger partial charge in [-0.1, -0.05) is 0 Å². The number of imidazole rings is 1. The fourth-order valence-corrected chi connectivity index (χ4v) is 2.45. The number of nitro groups is 2. The highest BCUT2D eigenvalue weighted by atomic mass is 16.6. The third kappa shape index (κ3) is 5.73. The van der Waals surface area contributed by atoms with Gasteiger partial charge in [-0.15, -0.1) is 0 Å². The second kappa shape index (κ2) is 8.55. The molecule has 0 bridgehead atoms. The van der Waals surface area contributed by atoms with Crippen LogP contribution in [0.4, 0.5) is 16.2 Å². The molecule has 0 unspecified atom stereocenters. The molecule has 160 valence electrons. The van der Waals surface area contributed by atoms with Crippen molar-refractivity contribution in [2.45, 2.75) is 38.8 Å². The van der Waals surface area contributed by atoms with Crippen molar-refractivity contribution < 1.29 is 29.3 Å². The van der Waals surface area contributed by atoms with Crippen LogP contribution in [0.15, 0.2) is 30.7 Å². The van der Waals surface area contributed by atoms with Crippen molar-refractivity contribution in [2.24, 2.45) is 0 Å².